The standard InChI is InChI=1S/C17H13N2O11S3/c1-30-10-2-5-13(14(8-10)32(24,25)26)18-19-16-15(33(27,28)29)7-9-6-11(31(21,22)23)3-4-12(9)17(16)20/h2-3,5-8,20H,1H3,(H,21,22,23)(H,24,25,26)(H,27,28,29)/b19-18+. The minimum atomic E-state index is -5.08. The second-order valence-electron chi connectivity index (χ2n) is 6.33. The Balaban J connectivity index is 2.30. The van der Waals surface area contributed by atoms with Crippen LogP contribution in [-0.4, -0.2) is 51.1 Å². The summed E-state index contributed by atoms with van der Waals surface area (Å²) in [6.07, 6.45) is 0. The van der Waals surface area contributed by atoms with Crippen LogP contribution in [0.2, 0.25) is 0 Å². The van der Waals surface area contributed by atoms with Crippen molar-refractivity contribution in [2.75, 3.05) is 7.11 Å². The topological polar surface area (TPSA) is 217 Å². The number of fused-ring (bicyclic) bond motifs is 1. The van der Waals surface area contributed by atoms with Gasteiger partial charge in [0.2, 0.25) is 0 Å². The number of phenols is 1. The van der Waals surface area contributed by atoms with Crippen LogP contribution in [0.15, 0.2) is 61.3 Å². The van der Waals surface area contributed by atoms with Gasteiger partial charge < -0.3 is 9.84 Å². The summed E-state index contributed by atoms with van der Waals surface area (Å²) in [5.41, 5.74) is -1.30. The molecule has 0 aliphatic heterocycles. The molecule has 3 rings (SSSR count). The molecule has 0 saturated heterocycles. The van der Waals surface area contributed by atoms with Crippen LogP contribution in [0.4, 0.5) is 11.4 Å². The van der Waals surface area contributed by atoms with Crippen LogP contribution in [0.1, 0.15) is 0 Å². The van der Waals surface area contributed by atoms with Gasteiger partial charge in [-0.2, -0.15) is 25.3 Å². The number of methoxy groups -OCH3 is 1. The summed E-state index contributed by atoms with van der Waals surface area (Å²) in [5, 5.41) is 17.1. The number of azo groups is 1. The van der Waals surface area contributed by atoms with Gasteiger partial charge in [-0.3, -0.25) is 13.7 Å². The molecule has 4 N–H and O–H groups in total. The first-order valence-electron chi connectivity index (χ1n) is 8.36. The highest BCUT2D eigenvalue weighted by molar-refractivity contribution is 7.86. The van der Waals surface area contributed by atoms with E-state index in [0.717, 1.165) is 30.3 Å². The summed E-state index contributed by atoms with van der Waals surface area (Å²) in [7, 11) is -13.4. The lowest BCUT2D eigenvalue weighted by molar-refractivity contribution is 0.412. The van der Waals surface area contributed by atoms with Gasteiger partial charge in [-0.1, -0.05) is 0 Å². The molecule has 13 nitrogen and oxygen atoms in total. The van der Waals surface area contributed by atoms with E-state index in [1.54, 1.807) is 0 Å². The van der Waals surface area contributed by atoms with E-state index >= 15 is 0 Å². The van der Waals surface area contributed by atoms with Gasteiger partial charge in [-0.25, -0.2) is 0 Å². The van der Waals surface area contributed by atoms with Gasteiger partial charge in [0.1, 0.15) is 26.9 Å². The second-order valence-corrected chi connectivity index (χ2v) is 10.5. The summed E-state index contributed by atoms with van der Waals surface area (Å²) >= 11 is 0. The molecular formula is C17H13N2O11S3. The Kier molecular flexibility index (Phi) is 6.18. The number of rotatable bonds is 6. The number of ether oxygens (including phenoxy) is 1. The first-order chi connectivity index (χ1) is 15.1. The van der Waals surface area contributed by atoms with E-state index in [0.29, 0.717) is 0 Å². The van der Waals surface area contributed by atoms with Crippen molar-refractivity contribution in [3.8, 4) is 11.5 Å². The van der Waals surface area contributed by atoms with Crippen LogP contribution in [0.5, 0.6) is 11.5 Å². The average Bonchev–Trinajstić information content (AvgIpc) is 2.70. The molecule has 3 aromatic rings. The molecule has 16 heteroatoms. The van der Waals surface area contributed by atoms with Crippen molar-refractivity contribution < 1.29 is 48.8 Å². The first kappa shape index (κ1) is 24.5. The molecule has 0 spiro atoms. The van der Waals surface area contributed by atoms with Gasteiger partial charge in [0.25, 0.3) is 30.4 Å². The third-order valence-corrected chi connectivity index (χ3v) is 6.79. The highest BCUT2D eigenvalue weighted by Crippen LogP contribution is 2.42. The van der Waals surface area contributed by atoms with E-state index in [-0.39, 0.29) is 16.5 Å². The van der Waals surface area contributed by atoms with Crippen LogP contribution >= 0.6 is 0 Å². The number of phenolic OH excluding ortho intramolecular Hbond substituents is 1. The van der Waals surface area contributed by atoms with Crippen molar-refractivity contribution in [3.05, 3.63) is 42.5 Å². The van der Waals surface area contributed by atoms with Gasteiger partial charge in [0, 0.05) is 11.5 Å². The van der Waals surface area contributed by atoms with E-state index in [9.17, 15) is 39.5 Å². The SMILES string of the molecule is COc1ccc(/N=N/c2c(S(=O)(=O)O)cc3cc(S(=O)(=O)O)c[c]c3c2O)c(S(=O)(=O)O)c1. The lowest BCUT2D eigenvalue weighted by Gasteiger charge is -2.10. The maximum absolute atomic E-state index is 11.9. The van der Waals surface area contributed by atoms with Gasteiger partial charge in [0.15, 0.2) is 5.75 Å². The fraction of sp³-hybridized carbons (Fsp3) is 0.0588. The Labute approximate surface area is 187 Å². The lowest BCUT2D eigenvalue weighted by Crippen LogP contribution is -2.01. The normalized spacial score (nSPS) is 13.0. The molecule has 0 atom stereocenters. The largest absolute Gasteiger partial charge is 0.505 e. The van der Waals surface area contributed by atoms with Gasteiger partial charge in [-0.05, 0) is 41.8 Å². The predicted octanol–water partition coefficient (Wildman–Crippen LogP) is 2.51. The molecule has 0 aliphatic carbocycles. The molecule has 0 aliphatic rings. The number of benzene rings is 3. The Hall–Kier alpha value is -3.15. The van der Waals surface area contributed by atoms with E-state index in [1.807, 2.05) is 0 Å². The number of aromatic hydroxyl groups is 1. The molecule has 0 bridgehead atoms. The van der Waals surface area contributed by atoms with Crippen LogP contribution in [0.25, 0.3) is 10.8 Å². The van der Waals surface area contributed by atoms with Crippen molar-refractivity contribution in [2.24, 2.45) is 10.2 Å². The third-order valence-electron chi connectivity index (χ3n) is 4.20. The van der Waals surface area contributed by atoms with Crippen molar-refractivity contribution in [2.45, 2.75) is 14.7 Å². The van der Waals surface area contributed by atoms with Gasteiger partial charge in [-0.15, -0.1) is 10.2 Å². The monoisotopic (exact) mass is 517 g/mol. The second kappa shape index (κ2) is 8.32. The zero-order valence-electron chi connectivity index (χ0n) is 16.2. The molecular weight excluding hydrogens is 504 g/mol. The molecule has 0 unspecified atom stereocenters. The smallest absolute Gasteiger partial charge is 0.296 e. The molecule has 0 amide bonds. The summed E-state index contributed by atoms with van der Waals surface area (Å²) in [4.78, 5) is -2.43. The summed E-state index contributed by atoms with van der Waals surface area (Å²) < 4.78 is 103. The lowest BCUT2D eigenvalue weighted by atomic mass is 10.1. The predicted molar refractivity (Wildman–Crippen MR) is 111 cm³/mol. The highest BCUT2D eigenvalue weighted by Gasteiger charge is 2.24. The molecule has 0 heterocycles. The minimum absolute atomic E-state index is 0.0398. The quantitative estimate of drug-likeness (QED) is 0.275. The Morgan fingerprint density at radius 1 is 0.848 bits per heavy atom. The number of nitrogens with zero attached hydrogens (tertiary/aromatic N) is 2. The van der Waals surface area contributed by atoms with Crippen LogP contribution < -0.4 is 4.74 Å². The summed E-state index contributed by atoms with van der Waals surface area (Å²) in [6, 6.07) is 7.94. The molecule has 0 aromatic heterocycles. The van der Waals surface area contributed by atoms with E-state index in [4.69, 9.17) is 9.29 Å². The molecule has 1 radical (unpaired) electrons. The Bertz CT molecular complexity index is 1630. The van der Waals surface area contributed by atoms with Crippen molar-refractivity contribution in [3.63, 3.8) is 0 Å². The minimum Gasteiger partial charge on any atom is -0.505 e. The fourth-order valence-corrected chi connectivity index (χ4v) is 4.49. The first-order valence-corrected chi connectivity index (χ1v) is 12.7. The fourth-order valence-electron chi connectivity index (χ4n) is 2.71. The summed E-state index contributed by atoms with van der Waals surface area (Å²) in [6.45, 7) is 0. The van der Waals surface area contributed by atoms with Crippen LogP contribution in [0, 0.1) is 6.07 Å². The number of hydrogen-bond acceptors (Lipinski definition) is 10. The molecule has 3 aromatic carbocycles. The van der Waals surface area contributed by atoms with Crippen LogP contribution in [-0.2, 0) is 30.4 Å². The maximum atomic E-state index is 11.9. The Morgan fingerprint density at radius 3 is 2.03 bits per heavy atom. The van der Waals surface area contributed by atoms with E-state index in [2.05, 4.69) is 16.3 Å². The molecule has 175 valence electrons. The van der Waals surface area contributed by atoms with Gasteiger partial charge in [0.05, 0.1) is 12.0 Å². The van der Waals surface area contributed by atoms with Gasteiger partial charge >= 0.3 is 0 Å². The Morgan fingerprint density at radius 2 is 1.48 bits per heavy atom. The zero-order chi connectivity index (χ0) is 24.8. The summed E-state index contributed by atoms with van der Waals surface area (Å²) in [5.74, 6) is -0.870. The van der Waals surface area contributed by atoms with Crippen LogP contribution in [0.3, 0.4) is 0 Å². The molecule has 33 heavy (non-hydrogen) atoms. The molecule has 0 fully saturated rings. The van der Waals surface area contributed by atoms with Crippen molar-refractivity contribution >= 4 is 52.5 Å². The average molecular weight is 517 g/mol. The zero-order valence-corrected chi connectivity index (χ0v) is 18.7. The van der Waals surface area contributed by atoms with E-state index < -0.39 is 62.2 Å². The number of hydrogen-bond donors (Lipinski definition) is 4. The van der Waals surface area contributed by atoms with E-state index in [1.165, 1.54) is 13.2 Å². The maximum Gasteiger partial charge on any atom is 0.296 e. The molecule has 0 saturated carbocycles. The third kappa shape index (κ3) is 5.10. The highest BCUT2D eigenvalue weighted by atomic mass is 32.2. The van der Waals surface area contributed by atoms with Crippen molar-refractivity contribution in [1.29, 1.82) is 0 Å². The van der Waals surface area contributed by atoms with Crippen molar-refractivity contribution in [1.82, 2.24) is 0 Å².